The Morgan fingerprint density at radius 3 is 1.21 bits per heavy atom. The predicted molar refractivity (Wildman–Crippen MR) is 139 cm³/mol. The van der Waals surface area contributed by atoms with E-state index in [1.165, 1.54) is 0 Å². The molecule has 0 fully saturated rings. The van der Waals surface area contributed by atoms with E-state index in [0.717, 1.165) is 34.8 Å². The van der Waals surface area contributed by atoms with Crippen LogP contribution in [-0.2, 0) is 10.8 Å². The predicted octanol–water partition coefficient (Wildman–Crippen LogP) is 6.71. The molecule has 170 valence electrons. The van der Waals surface area contributed by atoms with Crippen molar-refractivity contribution in [1.29, 1.82) is 0 Å². The molecule has 0 bridgehead atoms. The van der Waals surface area contributed by atoms with E-state index in [9.17, 15) is 9.59 Å². The molecule has 0 aliphatic heterocycles. The number of carbonyl (C=O) groups is 2. The quantitative estimate of drug-likeness (QED) is 0.324. The number of hydrogen-bond acceptors (Lipinski definition) is 2. The van der Waals surface area contributed by atoms with Gasteiger partial charge in [0.2, 0.25) is 0 Å². The van der Waals surface area contributed by atoms with Crippen molar-refractivity contribution >= 4 is 12.6 Å². The van der Waals surface area contributed by atoms with Crippen LogP contribution in [0.15, 0.2) is 60.7 Å². The molecule has 2 heteroatoms. The van der Waals surface area contributed by atoms with Gasteiger partial charge in [0.25, 0.3) is 0 Å². The van der Waals surface area contributed by atoms with Crippen LogP contribution in [0.4, 0.5) is 0 Å². The second-order valence-corrected chi connectivity index (χ2v) is 10.4. The Hall–Kier alpha value is -3.88. The molecule has 0 saturated carbocycles. The molecule has 0 heterocycles. The zero-order chi connectivity index (χ0) is 24.9. The van der Waals surface area contributed by atoms with E-state index < -0.39 is 0 Å². The number of aldehydes is 2. The third-order valence-electron chi connectivity index (χ3n) is 5.68. The highest BCUT2D eigenvalue weighted by Crippen LogP contribution is 2.25. The second-order valence-electron chi connectivity index (χ2n) is 10.4. The Balaban J connectivity index is 1.98. The summed E-state index contributed by atoms with van der Waals surface area (Å²) in [6.07, 6.45) is 1.71. The van der Waals surface area contributed by atoms with Gasteiger partial charge in [0.15, 0.2) is 12.6 Å². The highest BCUT2D eigenvalue weighted by Gasteiger charge is 2.16. The summed E-state index contributed by atoms with van der Waals surface area (Å²) in [5.41, 5.74) is 6.17. The fourth-order valence-corrected chi connectivity index (χ4v) is 3.45. The van der Waals surface area contributed by atoms with Gasteiger partial charge in [-0.05, 0) is 58.4 Å². The maximum Gasteiger partial charge on any atom is 0.151 e. The summed E-state index contributed by atoms with van der Waals surface area (Å²) in [4.78, 5) is 23.3. The summed E-state index contributed by atoms with van der Waals surface area (Å²) in [6, 6.07) is 19.3. The lowest BCUT2D eigenvalue weighted by Gasteiger charge is -2.19. The maximum atomic E-state index is 11.7. The van der Waals surface area contributed by atoms with Crippen LogP contribution in [0.25, 0.3) is 0 Å². The van der Waals surface area contributed by atoms with Crippen molar-refractivity contribution in [3.63, 3.8) is 0 Å². The molecule has 0 atom stereocenters. The first-order valence-corrected chi connectivity index (χ1v) is 11.4. The number of carbonyl (C=O) groups excluding carboxylic acids is 2. The molecule has 0 spiro atoms. The van der Waals surface area contributed by atoms with Crippen LogP contribution in [0, 0.1) is 23.7 Å². The lowest BCUT2D eigenvalue weighted by Crippen LogP contribution is -2.11. The molecule has 3 aromatic rings. The van der Waals surface area contributed by atoms with E-state index in [1.807, 2.05) is 60.7 Å². The number of hydrogen-bond donors (Lipinski definition) is 0. The third kappa shape index (κ3) is 5.92. The van der Waals surface area contributed by atoms with Gasteiger partial charge in [-0.2, -0.15) is 0 Å². The lowest BCUT2D eigenvalue weighted by molar-refractivity contribution is 0.111. The first kappa shape index (κ1) is 24.8. The van der Waals surface area contributed by atoms with Crippen molar-refractivity contribution in [1.82, 2.24) is 0 Å². The molecule has 3 aromatic carbocycles. The van der Waals surface area contributed by atoms with Gasteiger partial charge in [-0.25, -0.2) is 0 Å². The monoisotopic (exact) mass is 446 g/mol. The largest absolute Gasteiger partial charge is 0.298 e. The topological polar surface area (TPSA) is 34.1 Å². The van der Waals surface area contributed by atoms with Gasteiger partial charge in [0, 0.05) is 33.4 Å². The molecular weight excluding hydrogens is 416 g/mol. The van der Waals surface area contributed by atoms with Gasteiger partial charge >= 0.3 is 0 Å². The van der Waals surface area contributed by atoms with Crippen LogP contribution in [0.2, 0.25) is 0 Å². The summed E-state index contributed by atoms with van der Waals surface area (Å²) in [5.74, 6) is 12.6. The molecule has 0 N–H and O–H groups in total. The van der Waals surface area contributed by atoms with E-state index in [-0.39, 0.29) is 10.8 Å². The van der Waals surface area contributed by atoms with Gasteiger partial charge in [0.1, 0.15) is 0 Å². The van der Waals surface area contributed by atoms with Gasteiger partial charge in [-0.15, -0.1) is 0 Å². The minimum Gasteiger partial charge on any atom is -0.298 e. The molecular formula is C32H30O2. The van der Waals surface area contributed by atoms with Crippen LogP contribution < -0.4 is 0 Å². The smallest absolute Gasteiger partial charge is 0.151 e. The van der Waals surface area contributed by atoms with E-state index in [0.29, 0.717) is 22.3 Å². The highest BCUT2D eigenvalue weighted by atomic mass is 16.1. The number of rotatable bonds is 2. The summed E-state index contributed by atoms with van der Waals surface area (Å²) < 4.78 is 0. The van der Waals surface area contributed by atoms with Crippen molar-refractivity contribution < 1.29 is 9.59 Å². The Labute approximate surface area is 203 Å². The van der Waals surface area contributed by atoms with Gasteiger partial charge < -0.3 is 0 Å². The Bertz CT molecular complexity index is 1250. The van der Waals surface area contributed by atoms with Gasteiger partial charge in [-0.1, -0.05) is 89.5 Å². The molecule has 0 unspecified atom stereocenters. The summed E-state index contributed by atoms with van der Waals surface area (Å²) in [7, 11) is 0. The molecule has 0 radical (unpaired) electrons. The van der Waals surface area contributed by atoms with Crippen molar-refractivity contribution in [3.8, 4) is 23.7 Å². The van der Waals surface area contributed by atoms with Crippen LogP contribution in [0.3, 0.4) is 0 Å². The zero-order valence-corrected chi connectivity index (χ0v) is 20.7. The molecule has 0 aliphatic carbocycles. The Morgan fingerprint density at radius 1 is 0.529 bits per heavy atom. The molecule has 3 rings (SSSR count). The number of benzene rings is 3. The average molecular weight is 447 g/mol. The first-order chi connectivity index (χ1) is 16.0. The first-order valence-electron chi connectivity index (χ1n) is 11.4. The Morgan fingerprint density at radius 2 is 0.882 bits per heavy atom. The van der Waals surface area contributed by atoms with Crippen LogP contribution in [0.1, 0.15) is 95.6 Å². The fraction of sp³-hybridized carbons (Fsp3) is 0.250. The van der Waals surface area contributed by atoms with Crippen molar-refractivity contribution in [2.45, 2.75) is 52.4 Å². The standard InChI is InChI=1S/C32H30O2/c1-31(2,3)29-17-15-25(27(19-29)21-33)13-11-23-9-7-8-10-24(23)12-14-26-16-18-30(32(4,5)6)20-28(26)22-34/h7-10,15-22H,1-6H3. The van der Waals surface area contributed by atoms with Crippen molar-refractivity contribution in [2.24, 2.45) is 0 Å². The van der Waals surface area contributed by atoms with E-state index in [2.05, 4.69) is 65.2 Å². The molecule has 0 aromatic heterocycles. The SMILES string of the molecule is CC(C)(C)c1ccc(C#Cc2ccccc2C#Cc2ccc(C(C)(C)C)cc2C=O)c(C=O)c1. The molecule has 0 amide bonds. The third-order valence-corrected chi connectivity index (χ3v) is 5.68. The van der Waals surface area contributed by atoms with Crippen LogP contribution in [0.5, 0.6) is 0 Å². The van der Waals surface area contributed by atoms with E-state index in [4.69, 9.17) is 0 Å². The minimum absolute atomic E-state index is 0.0443. The summed E-state index contributed by atoms with van der Waals surface area (Å²) in [5, 5.41) is 0. The highest BCUT2D eigenvalue weighted by molar-refractivity contribution is 5.81. The summed E-state index contributed by atoms with van der Waals surface area (Å²) >= 11 is 0. The van der Waals surface area contributed by atoms with Gasteiger partial charge in [-0.3, -0.25) is 9.59 Å². The lowest BCUT2D eigenvalue weighted by atomic mass is 9.85. The van der Waals surface area contributed by atoms with Gasteiger partial charge in [0.05, 0.1) is 0 Å². The average Bonchev–Trinajstić information content (AvgIpc) is 2.80. The maximum absolute atomic E-state index is 11.7. The fourth-order valence-electron chi connectivity index (χ4n) is 3.45. The van der Waals surface area contributed by atoms with E-state index in [1.54, 1.807) is 0 Å². The molecule has 0 aliphatic rings. The van der Waals surface area contributed by atoms with E-state index >= 15 is 0 Å². The normalized spacial score (nSPS) is 11.0. The van der Waals surface area contributed by atoms with Crippen molar-refractivity contribution in [2.75, 3.05) is 0 Å². The van der Waals surface area contributed by atoms with Crippen LogP contribution in [-0.4, -0.2) is 12.6 Å². The molecule has 2 nitrogen and oxygen atoms in total. The van der Waals surface area contributed by atoms with Crippen molar-refractivity contribution in [3.05, 3.63) is 105 Å². The Kier molecular flexibility index (Phi) is 7.24. The molecule has 0 saturated heterocycles. The second kappa shape index (κ2) is 9.94. The summed E-state index contributed by atoms with van der Waals surface area (Å²) in [6.45, 7) is 12.7. The zero-order valence-electron chi connectivity index (χ0n) is 20.7. The minimum atomic E-state index is -0.0443. The molecule has 34 heavy (non-hydrogen) atoms. The van der Waals surface area contributed by atoms with Crippen LogP contribution >= 0.6 is 0 Å².